The van der Waals surface area contributed by atoms with Crippen LogP contribution in [-0.4, -0.2) is 43.2 Å². The molecule has 1 aliphatic rings. The van der Waals surface area contributed by atoms with Gasteiger partial charge in [0, 0.05) is 19.8 Å². The number of carbonyl (C=O) groups is 1. The van der Waals surface area contributed by atoms with Crippen LogP contribution < -0.4 is 19.9 Å². The van der Waals surface area contributed by atoms with Crippen molar-refractivity contribution in [3.8, 4) is 5.75 Å². The van der Waals surface area contributed by atoms with E-state index in [1.54, 1.807) is 25.3 Å². The Hall–Kier alpha value is -2.22. The van der Waals surface area contributed by atoms with Crippen molar-refractivity contribution in [1.82, 2.24) is 15.3 Å². The van der Waals surface area contributed by atoms with E-state index < -0.39 is 0 Å². The van der Waals surface area contributed by atoms with Crippen LogP contribution in [0.2, 0.25) is 0 Å². The number of hydrogen-bond acceptors (Lipinski definition) is 4. The van der Waals surface area contributed by atoms with Gasteiger partial charge in [0.1, 0.15) is 17.0 Å². The number of nitrogens with zero attached hydrogens (tertiary/aromatic N) is 3. The van der Waals surface area contributed by atoms with E-state index in [-0.39, 0.29) is 6.03 Å². The van der Waals surface area contributed by atoms with E-state index in [2.05, 4.69) is 36.1 Å². The van der Waals surface area contributed by atoms with Crippen molar-refractivity contribution in [3.63, 3.8) is 0 Å². The molecule has 0 fully saturated rings. The first kappa shape index (κ1) is 15.7. The number of benzene rings is 1. The fourth-order valence-electron chi connectivity index (χ4n) is 2.52. The first-order chi connectivity index (χ1) is 11.1. The summed E-state index contributed by atoms with van der Waals surface area (Å²) in [5.41, 5.74) is 2.70. The Morgan fingerprint density at radius 3 is 3.09 bits per heavy atom. The lowest BCUT2D eigenvalue weighted by Crippen LogP contribution is -2.36. The lowest BCUT2D eigenvalue weighted by Gasteiger charge is -2.32. The van der Waals surface area contributed by atoms with E-state index >= 15 is 0 Å². The van der Waals surface area contributed by atoms with Crippen LogP contribution in [-0.2, 0) is 6.54 Å². The third-order valence-electron chi connectivity index (χ3n) is 3.81. The Bertz CT molecular complexity index is 718. The van der Waals surface area contributed by atoms with E-state index in [1.807, 2.05) is 18.2 Å². The molecule has 1 aromatic heterocycles. The average Bonchev–Trinajstić information content (AvgIpc) is 2.98. The Balaban J connectivity index is 1.90. The van der Waals surface area contributed by atoms with Crippen LogP contribution in [0.1, 0.15) is 5.69 Å². The molecule has 0 saturated heterocycles. The predicted molar refractivity (Wildman–Crippen MR) is 92.1 cm³/mol. The van der Waals surface area contributed by atoms with Crippen LogP contribution in [0.4, 0.5) is 16.2 Å². The Kier molecular flexibility index (Phi) is 4.42. The van der Waals surface area contributed by atoms with Gasteiger partial charge in [-0.25, -0.2) is 9.78 Å². The number of nitrogens with one attached hydrogen (secondary N) is 2. The highest BCUT2D eigenvalue weighted by Crippen LogP contribution is 2.36. The van der Waals surface area contributed by atoms with Gasteiger partial charge in [0.15, 0.2) is 0 Å². The number of aromatic nitrogens is 2. The van der Waals surface area contributed by atoms with Crippen molar-refractivity contribution in [3.05, 3.63) is 34.8 Å². The van der Waals surface area contributed by atoms with Crippen LogP contribution in [0.5, 0.6) is 5.75 Å². The van der Waals surface area contributed by atoms with E-state index in [0.717, 1.165) is 34.0 Å². The van der Waals surface area contributed by atoms with Gasteiger partial charge in [-0.2, -0.15) is 0 Å². The van der Waals surface area contributed by atoms with Crippen molar-refractivity contribution in [2.75, 3.05) is 37.0 Å². The Labute approximate surface area is 142 Å². The molecule has 1 aliphatic heterocycles. The van der Waals surface area contributed by atoms with Crippen LogP contribution in [0.25, 0.3) is 0 Å². The maximum atomic E-state index is 11.8. The Morgan fingerprint density at radius 2 is 2.39 bits per heavy atom. The highest BCUT2D eigenvalue weighted by atomic mass is 79.9. The molecule has 2 heterocycles. The monoisotopic (exact) mass is 379 g/mol. The summed E-state index contributed by atoms with van der Waals surface area (Å²) in [7, 11) is 3.35. The molecule has 8 heteroatoms. The Morgan fingerprint density at radius 1 is 1.57 bits per heavy atom. The lowest BCUT2D eigenvalue weighted by atomic mass is 10.2. The minimum atomic E-state index is -0.164. The predicted octanol–water partition coefficient (Wildman–Crippen LogP) is 2.35. The second kappa shape index (κ2) is 6.49. The molecule has 122 valence electrons. The summed E-state index contributed by atoms with van der Waals surface area (Å²) in [5.74, 6) is 0.817. The summed E-state index contributed by atoms with van der Waals surface area (Å²) in [5, 5.41) is 2.62. The largest absolute Gasteiger partial charge is 0.490 e. The number of ether oxygens (including phenoxy) is 1. The SMILES string of the molecule is CNC(=O)N(C)c1ccc2c(c1)N(Cc1nc[nH]c1Br)CCO2. The maximum absolute atomic E-state index is 11.8. The molecule has 2 amide bonds. The maximum Gasteiger partial charge on any atom is 0.321 e. The lowest BCUT2D eigenvalue weighted by molar-refractivity contribution is 0.249. The van der Waals surface area contributed by atoms with Crippen molar-refractivity contribution >= 4 is 33.3 Å². The van der Waals surface area contributed by atoms with E-state index in [4.69, 9.17) is 4.74 Å². The highest BCUT2D eigenvalue weighted by molar-refractivity contribution is 9.10. The average molecular weight is 380 g/mol. The number of imidazole rings is 1. The van der Waals surface area contributed by atoms with Crippen LogP contribution in [0.15, 0.2) is 29.1 Å². The number of fused-ring (bicyclic) bond motifs is 1. The third-order valence-corrected chi connectivity index (χ3v) is 4.50. The van der Waals surface area contributed by atoms with Crippen LogP contribution in [0.3, 0.4) is 0 Å². The van der Waals surface area contributed by atoms with E-state index in [1.165, 1.54) is 0 Å². The summed E-state index contributed by atoms with van der Waals surface area (Å²) < 4.78 is 6.60. The number of carbonyl (C=O) groups excluding carboxylic acids is 1. The first-order valence-electron chi connectivity index (χ1n) is 7.25. The van der Waals surface area contributed by atoms with E-state index in [9.17, 15) is 4.79 Å². The molecule has 3 rings (SSSR count). The fraction of sp³-hybridized carbons (Fsp3) is 0.333. The summed E-state index contributed by atoms with van der Waals surface area (Å²) in [4.78, 5) is 22.9. The number of H-pyrrole nitrogens is 1. The van der Waals surface area contributed by atoms with Gasteiger partial charge >= 0.3 is 6.03 Å². The molecule has 0 aliphatic carbocycles. The smallest absolute Gasteiger partial charge is 0.321 e. The standard InChI is InChI=1S/C15H18BrN5O2/c1-17-15(22)20(2)10-3-4-13-12(7-10)21(5-6-23-13)8-11-14(16)19-9-18-11/h3-4,7,9H,5-6,8H2,1-2H3,(H,17,22)(H,18,19). The molecule has 0 saturated carbocycles. The first-order valence-corrected chi connectivity index (χ1v) is 8.04. The molecule has 2 aromatic rings. The van der Waals surface area contributed by atoms with Crippen LogP contribution in [0, 0.1) is 0 Å². The fourth-order valence-corrected chi connectivity index (χ4v) is 2.85. The summed E-state index contributed by atoms with van der Waals surface area (Å²) in [6, 6.07) is 5.57. The second-order valence-electron chi connectivity index (χ2n) is 5.20. The quantitative estimate of drug-likeness (QED) is 0.858. The topological polar surface area (TPSA) is 73.5 Å². The number of urea groups is 1. The van der Waals surface area contributed by atoms with Crippen molar-refractivity contribution in [2.24, 2.45) is 0 Å². The van der Waals surface area contributed by atoms with Gasteiger partial charge in [0.25, 0.3) is 0 Å². The number of amides is 2. The zero-order chi connectivity index (χ0) is 16.4. The second-order valence-corrected chi connectivity index (χ2v) is 5.99. The zero-order valence-electron chi connectivity index (χ0n) is 13.0. The van der Waals surface area contributed by atoms with Crippen molar-refractivity contribution in [1.29, 1.82) is 0 Å². The normalized spacial score (nSPS) is 13.3. The van der Waals surface area contributed by atoms with Gasteiger partial charge < -0.3 is 19.9 Å². The highest BCUT2D eigenvalue weighted by Gasteiger charge is 2.21. The minimum absolute atomic E-state index is 0.164. The van der Waals surface area contributed by atoms with Gasteiger partial charge in [-0.1, -0.05) is 0 Å². The van der Waals surface area contributed by atoms with Gasteiger partial charge in [-0.15, -0.1) is 0 Å². The molecule has 0 unspecified atom stereocenters. The number of rotatable bonds is 3. The molecule has 1 aromatic carbocycles. The minimum Gasteiger partial charge on any atom is -0.490 e. The summed E-state index contributed by atoms with van der Waals surface area (Å²) in [6.07, 6.45) is 1.66. The summed E-state index contributed by atoms with van der Waals surface area (Å²) >= 11 is 3.46. The number of halogens is 1. The molecule has 7 nitrogen and oxygen atoms in total. The molecule has 0 atom stereocenters. The summed E-state index contributed by atoms with van der Waals surface area (Å²) in [6.45, 7) is 2.05. The molecule has 2 N–H and O–H groups in total. The number of hydrogen-bond donors (Lipinski definition) is 2. The van der Waals surface area contributed by atoms with Gasteiger partial charge in [0.2, 0.25) is 0 Å². The zero-order valence-corrected chi connectivity index (χ0v) is 14.6. The van der Waals surface area contributed by atoms with Crippen molar-refractivity contribution in [2.45, 2.75) is 6.54 Å². The molecule has 23 heavy (non-hydrogen) atoms. The third kappa shape index (κ3) is 3.12. The van der Waals surface area contributed by atoms with Crippen molar-refractivity contribution < 1.29 is 9.53 Å². The van der Waals surface area contributed by atoms with Gasteiger partial charge in [0.05, 0.1) is 30.8 Å². The molecular formula is C15H18BrN5O2. The number of aromatic amines is 1. The molecule has 0 spiro atoms. The molecular weight excluding hydrogens is 362 g/mol. The van der Waals surface area contributed by atoms with Gasteiger partial charge in [-0.3, -0.25) is 4.90 Å². The van der Waals surface area contributed by atoms with Gasteiger partial charge in [-0.05, 0) is 34.1 Å². The number of anilines is 2. The van der Waals surface area contributed by atoms with E-state index in [0.29, 0.717) is 13.2 Å². The molecule has 0 radical (unpaired) electrons. The van der Waals surface area contributed by atoms with Crippen LogP contribution >= 0.6 is 15.9 Å². The molecule has 0 bridgehead atoms.